The van der Waals surface area contributed by atoms with E-state index in [-0.39, 0.29) is 11.1 Å². The first-order valence-electron chi connectivity index (χ1n) is 5.93. The van der Waals surface area contributed by atoms with Gasteiger partial charge in [-0.2, -0.15) is 0 Å². The molecule has 0 aliphatic carbocycles. The number of halogens is 2. The van der Waals surface area contributed by atoms with E-state index in [0.29, 0.717) is 12.2 Å². The third kappa shape index (κ3) is 3.68. The number of anilines is 1. The van der Waals surface area contributed by atoms with Crippen LogP contribution < -0.4 is 5.32 Å². The van der Waals surface area contributed by atoms with Gasteiger partial charge in [0.2, 0.25) is 0 Å². The van der Waals surface area contributed by atoms with Gasteiger partial charge in [-0.05, 0) is 30.3 Å². The zero-order chi connectivity index (χ0) is 14.5. The lowest BCUT2D eigenvalue weighted by atomic mass is 10.3. The molecule has 1 heterocycles. The Morgan fingerprint density at radius 3 is 2.85 bits per heavy atom. The van der Waals surface area contributed by atoms with Crippen molar-refractivity contribution in [3.05, 3.63) is 59.1 Å². The van der Waals surface area contributed by atoms with E-state index in [4.69, 9.17) is 11.6 Å². The summed E-state index contributed by atoms with van der Waals surface area (Å²) in [5.41, 5.74) is 1.12. The highest BCUT2D eigenvalue weighted by Crippen LogP contribution is 2.19. The quantitative estimate of drug-likeness (QED) is 0.941. The van der Waals surface area contributed by atoms with Crippen LogP contribution in [0, 0.1) is 5.82 Å². The maximum atomic E-state index is 13.3. The fraction of sp³-hybridized carbons (Fsp3) is 0.143. The van der Waals surface area contributed by atoms with Crippen LogP contribution in [0.4, 0.5) is 14.9 Å². The Labute approximate surface area is 121 Å². The molecule has 104 valence electrons. The molecule has 1 aromatic carbocycles. The van der Waals surface area contributed by atoms with Gasteiger partial charge in [0.15, 0.2) is 0 Å². The summed E-state index contributed by atoms with van der Waals surface area (Å²) in [4.78, 5) is 17.5. The molecule has 4 nitrogen and oxygen atoms in total. The first kappa shape index (κ1) is 14.3. The van der Waals surface area contributed by atoms with Crippen LogP contribution in [0.5, 0.6) is 0 Å². The normalized spacial score (nSPS) is 10.2. The molecule has 0 bridgehead atoms. The molecule has 1 N–H and O–H groups in total. The number of aromatic nitrogens is 1. The Morgan fingerprint density at radius 1 is 1.40 bits per heavy atom. The number of pyridine rings is 1. The van der Waals surface area contributed by atoms with Gasteiger partial charge in [-0.1, -0.05) is 17.7 Å². The number of carbonyl (C=O) groups is 1. The summed E-state index contributed by atoms with van der Waals surface area (Å²) in [7, 11) is 1.64. The molecular weight excluding hydrogens is 281 g/mol. The van der Waals surface area contributed by atoms with E-state index in [0.717, 1.165) is 5.69 Å². The van der Waals surface area contributed by atoms with Crippen LogP contribution in [-0.2, 0) is 6.54 Å². The number of amides is 2. The lowest BCUT2D eigenvalue weighted by Crippen LogP contribution is -2.31. The number of hydrogen-bond acceptors (Lipinski definition) is 2. The maximum absolute atomic E-state index is 13.3. The van der Waals surface area contributed by atoms with E-state index in [1.54, 1.807) is 19.3 Å². The van der Waals surface area contributed by atoms with Crippen molar-refractivity contribution >= 4 is 23.3 Å². The van der Waals surface area contributed by atoms with E-state index in [1.807, 2.05) is 12.1 Å². The minimum atomic E-state index is -0.572. The van der Waals surface area contributed by atoms with Crippen LogP contribution in [0.2, 0.25) is 5.02 Å². The second kappa shape index (κ2) is 6.34. The molecule has 0 unspecified atom stereocenters. The molecule has 0 aliphatic rings. The third-order valence-electron chi connectivity index (χ3n) is 2.64. The summed E-state index contributed by atoms with van der Waals surface area (Å²) in [6, 6.07) is 9.24. The van der Waals surface area contributed by atoms with Gasteiger partial charge in [0.25, 0.3) is 0 Å². The van der Waals surface area contributed by atoms with Crippen molar-refractivity contribution in [3.8, 4) is 0 Å². The second-order valence-corrected chi connectivity index (χ2v) is 4.64. The van der Waals surface area contributed by atoms with Crippen molar-refractivity contribution in [1.82, 2.24) is 9.88 Å². The standard InChI is InChI=1S/C14H13ClFN3O/c1-19(9-11-4-2-3-7-17-11)14(20)18-10-5-6-12(15)13(16)8-10/h2-8H,9H2,1H3,(H,18,20). The van der Waals surface area contributed by atoms with Crippen molar-refractivity contribution in [2.75, 3.05) is 12.4 Å². The van der Waals surface area contributed by atoms with E-state index >= 15 is 0 Å². The van der Waals surface area contributed by atoms with Gasteiger partial charge in [-0.25, -0.2) is 9.18 Å². The summed E-state index contributed by atoms with van der Waals surface area (Å²) >= 11 is 5.58. The monoisotopic (exact) mass is 293 g/mol. The van der Waals surface area contributed by atoms with E-state index in [9.17, 15) is 9.18 Å². The van der Waals surface area contributed by atoms with Gasteiger partial charge in [0.05, 0.1) is 17.3 Å². The van der Waals surface area contributed by atoms with E-state index in [1.165, 1.54) is 23.1 Å². The SMILES string of the molecule is CN(Cc1ccccn1)C(=O)Nc1ccc(Cl)c(F)c1. The minimum absolute atomic E-state index is 0.0184. The molecule has 2 amide bonds. The van der Waals surface area contributed by atoms with Crippen molar-refractivity contribution in [3.63, 3.8) is 0 Å². The number of carbonyl (C=O) groups excluding carboxylic acids is 1. The molecule has 20 heavy (non-hydrogen) atoms. The number of nitrogens with zero attached hydrogens (tertiary/aromatic N) is 2. The lowest BCUT2D eigenvalue weighted by Gasteiger charge is -2.17. The predicted octanol–water partition coefficient (Wildman–Crippen LogP) is 3.54. The highest BCUT2D eigenvalue weighted by Gasteiger charge is 2.11. The number of hydrogen-bond donors (Lipinski definition) is 1. The predicted molar refractivity (Wildman–Crippen MR) is 76.1 cm³/mol. The molecule has 0 radical (unpaired) electrons. The molecule has 0 saturated heterocycles. The van der Waals surface area contributed by atoms with Crippen molar-refractivity contribution in [2.24, 2.45) is 0 Å². The summed E-state index contributed by atoms with van der Waals surface area (Å²) in [6.45, 7) is 0.364. The summed E-state index contributed by atoms with van der Waals surface area (Å²) in [5.74, 6) is -0.572. The Kier molecular flexibility index (Phi) is 4.53. The van der Waals surface area contributed by atoms with Gasteiger partial charge in [-0.3, -0.25) is 4.98 Å². The Bertz CT molecular complexity index is 607. The lowest BCUT2D eigenvalue weighted by molar-refractivity contribution is 0.220. The molecule has 0 fully saturated rings. The number of rotatable bonds is 3. The van der Waals surface area contributed by atoms with Crippen LogP contribution in [-0.4, -0.2) is 23.0 Å². The van der Waals surface area contributed by atoms with E-state index in [2.05, 4.69) is 10.3 Å². The van der Waals surface area contributed by atoms with E-state index < -0.39 is 5.82 Å². The van der Waals surface area contributed by atoms with Crippen molar-refractivity contribution in [2.45, 2.75) is 6.54 Å². The number of urea groups is 1. The molecule has 2 aromatic rings. The minimum Gasteiger partial charge on any atom is -0.322 e. The van der Waals surface area contributed by atoms with Crippen LogP contribution >= 0.6 is 11.6 Å². The molecule has 0 saturated carbocycles. The van der Waals surface area contributed by atoms with Crippen molar-refractivity contribution in [1.29, 1.82) is 0 Å². The Balaban J connectivity index is 1.99. The average Bonchev–Trinajstić information content (AvgIpc) is 2.44. The van der Waals surface area contributed by atoms with Crippen LogP contribution in [0.15, 0.2) is 42.6 Å². The Morgan fingerprint density at radius 2 is 2.20 bits per heavy atom. The molecule has 0 atom stereocenters. The third-order valence-corrected chi connectivity index (χ3v) is 2.95. The van der Waals surface area contributed by atoms with Crippen LogP contribution in [0.3, 0.4) is 0 Å². The van der Waals surface area contributed by atoms with Gasteiger partial charge < -0.3 is 10.2 Å². The largest absolute Gasteiger partial charge is 0.322 e. The highest BCUT2D eigenvalue weighted by atomic mass is 35.5. The smallest absolute Gasteiger partial charge is 0.321 e. The number of benzene rings is 1. The van der Waals surface area contributed by atoms with Crippen LogP contribution in [0.25, 0.3) is 0 Å². The summed E-state index contributed by atoms with van der Waals surface area (Å²) in [5, 5.41) is 2.61. The maximum Gasteiger partial charge on any atom is 0.321 e. The zero-order valence-corrected chi connectivity index (χ0v) is 11.6. The fourth-order valence-electron chi connectivity index (χ4n) is 1.60. The number of nitrogens with one attached hydrogen (secondary N) is 1. The topological polar surface area (TPSA) is 45.2 Å². The molecule has 1 aromatic heterocycles. The summed E-state index contributed by atoms with van der Waals surface area (Å²) in [6.07, 6.45) is 1.66. The zero-order valence-electron chi connectivity index (χ0n) is 10.8. The molecule has 6 heteroatoms. The van der Waals surface area contributed by atoms with Crippen LogP contribution in [0.1, 0.15) is 5.69 Å². The fourth-order valence-corrected chi connectivity index (χ4v) is 1.72. The second-order valence-electron chi connectivity index (χ2n) is 4.24. The average molecular weight is 294 g/mol. The van der Waals surface area contributed by atoms with Gasteiger partial charge in [-0.15, -0.1) is 0 Å². The Hall–Kier alpha value is -2.14. The van der Waals surface area contributed by atoms with Crippen molar-refractivity contribution < 1.29 is 9.18 Å². The first-order chi connectivity index (χ1) is 9.56. The molecular formula is C14H13ClFN3O. The highest BCUT2D eigenvalue weighted by molar-refractivity contribution is 6.30. The first-order valence-corrected chi connectivity index (χ1v) is 6.31. The summed E-state index contributed by atoms with van der Waals surface area (Å²) < 4.78 is 13.3. The molecule has 0 aliphatic heterocycles. The molecule has 0 spiro atoms. The van der Waals surface area contributed by atoms with Gasteiger partial charge >= 0.3 is 6.03 Å². The van der Waals surface area contributed by atoms with Gasteiger partial charge in [0.1, 0.15) is 5.82 Å². The molecule has 2 rings (SSSR count). The van der Waals surface area contributed by atoms with Gasteiger partial charge in [0, 0.05) is 18.9 Å².